The zero-order chi connectivity index (χ0) is 26.7. The van der Waals surface area contributed by atoms with E-state index in [0.29, 0.717) is 17.9 Å². The molecule has 4 rings (SSSR count). The predicted molar refractivity (Wildman–Crippen MR) is 138 cm³/mol. The van der Waals surface area contributed by atoms with Crippen molar-refractivity contribution in [2.24, 2.45) is 11.7 Å². The highest BCUT2D eigenvalue weighted by atomic mass is 32.2. The van der Waals surface area contributed by atoms with Gasteiger partial charge in [0, 0.05) is 11.8 Å². The first-order chi connectivity index (χ1) is 16.6. The van der Waals surface area contributed by atoms with Crippen molar-refractivity contribution < 1.29 is 21.8 Å². The predicted octanol–water partition coefficient (Wildman–Crippen LogP) is 3.00. The molecule has 2 aliphatic heterocycles. The second-order valence-corrected chi connectivity index (χ2v) is 18.1. The van der Waals surface area contributed by atoms with E-state index in [1.807, 2.05) is 13.1 Å². The molecule has 1 saturated heterocycles. The van der Waals surface area contributed by atoms with Crippen molar-refractivity contribution in [1.29, 1.82) is 0 Å². The molecule has 2 unspecified atom stereocenters. The molecule has 3 N–H and O–H groups in total. The summed E-state index contributed by atoms with van der Waals surface area (Å²) in [5.41, 5.74) is 4.02. The molecule has 0 radical (unpaired) electrons. The molecule has 12 heteroatoms. The highest BCUT2D eigenvalue weighted by molar-refractivity contribution is 7.90. The molecule has 0 aromatic carbocycles. The van der Waals surface area contributed by atoms with Crippen molar-refractivity contribution in [2.45, 2.75) is 108 Å². The number of nitrogens with two attached hydrogens (primary N) is 1. The Bertz CT molecular complexity index is 1260. The first-order valence-corrected chi connectivity index (χ1v) is 17.0. The Morgan fingerprint density at radius 1 is 1.22 bits per heavy atom. The van der Waals surface area contributed by atoms with E-state index in [1.165, 1.54) is 17.2 Å². The maximum Gasteiger partial charge on any atom is 0.330 e. The highest BCUT2D eigenvalue weighted by Gasteiger charge is 2.67. The number of rotatable bonds is 5. The van der Waals surface area contributed by atoms with Gasteiger partial charge in [0.05, 0.1) is 17.2 Å². The maximum absolute atomic E-state index is 13.0. The van der Waals surface area contributed by atoms with E-state index in [0.717, 1.165) is 31.1 Å². The van der Waals surface area contributed by atoms with Crippen molar-refractivity contribution in [3.63, 3.8) is 0 Å². The number of nitrogens with one attached hydrogen (secondary N) is 1. The summed E-state index contributed by atoms with van der Waals surface area (Å²) in [6.07, 6.45) is 4.49. The lowest BCUT2D eigenvalue weighted by Gasteiger charge is -2.43. The Morgan fingerprint density at radius 2 is 1.86 bits per heavy atom. The van der Waals surface area contributed by atoms with Crippen LogP contribution in [-0.2, 0) is 23.5 Å². The van der Waals surface area contributed by atoms with E-state index in [-0.39, 0.29) is 10.7 Å². The molecule has 2 fully saturated rings. The molecule has 202 valence electrons. The minimum atomic E-state index is -4.09. The molecule has 4 atom stereocenters. The third-order valence-electron chi connectivity index (χ3n) is 8.36. The van der Waals surface area contributed by atoms with Crippen LogP contribution >= 0.6 is 0 Å². The van der Waals surface area contributed by atoms with Crippen LogP contribution in [0.3, 0.4) is 0 Å². The average molecular weight is 542 g/mol. The molecule has 10 nitrogen and oxygen atoms in total. The van der Waals surface area contributed by atoms with Crippen LogP contribution < -0.4 is 17.0 Å². The van der Waals surface area contributed by atoms with Crippen molar-refractivity contribution in [1.82, 2.24) is 9.55 Å². The molecule has 36 heavy (non-hydrogen) atoms. The van der Waals surface area contributed by atoms with Crippen LogP contribution in [0.2, 0.25) is 18.1 Å². The van der Waals surface area contributed by atoms with Gasteiger partial charge >= 0.3 is 5.69 Å². The third-order valence-corrected chi connectivity index (χ3v) is 13.9. The van der Waals surface area contributed by atoms with Gasteiger partial charge in [-0.2, -0.15) is 8.42 Å². The van der Waals surface area contributed by atoms with Gasteiger partial charge in [-0.25, -0.2) is 8.98 Å². The minimum absolute atomic E-state index is 0.0173. The molecule has 1 aromatic heterocycles. The van der Waals surface area contributed by atoms with Gasteiger partial charge in [-0.3, -0.25) is 14.3 Å². The van der Waals surface area contributed by atoms with Crippen LogP contribution in [0.15, 0.2) is 26.9 Å². The maximum atomic E-state index is 13.0. The standard InChI is InChI=1S/C24H39N3O7SSi/c1-15-13-27(22(29)26-20(15)28)21-19(33-36(5,6)23(2,3)4)24(17(25)14-35(30,31)34-24)18(32-21)12-16-10-8-7-9-11-16/h13-14,16,18-19,21H,7-12,25H2,1-6H3,(H,26,28,29)/t18?,19-,21+,24?/m0/s1. The number of aromatic nitrogens is 2. The van der Waals surface area contributed by atoms with Crippen LogP contribution in [-0.4, -0.2) is 44.1 Å². The molecule has 1 aliphatic carbocycles. The third kappa shape index (κ3) is 4.78. The van der Waals surface area contributed by atoms with Gasteiger partial charge in [-0.05, 0) is 37.4 Å². The summed E-state index contributed by atoms with van der Waals surface area (Å²) in [6, 6.07) is 0. The van der Waals surface area contributed by atoms with E-state index in [9.17, 15) is 18.0 Å². The van der Waals surface area contributed by atoms with Crippen molar-refractivity contribution in [3.8, 4) is 0 Å². The van der Waals surface area contributed by atoms with Crippen molar-refractivity contribution in [2.75, 3.05) is 0 Å². The summed E-state index contributed by atoms with van der Waals surface area (Å²) < 4.78 is 46.0. The van der Waals surface area contributed by atoms with Gasteiger partial charge < -0.3 is 14.9 Å². The molecule has 3 heterocycles. The van der Waals surface area contributed by atoms with Gasteiger partial charge in [0.2, 0.25) is 0 Å². The number of aromatic amines is 1. The molecular formula is C24H39N3O7SSi. The monoisotopic (exact) mass is 541 g/mol. The summed E-state index contributed by atoms with van der Waals surface area (Å²) in [4.78, 5) is 27.4. The molecular weight excluding hydrogens is 502 g/mol. The fourth-order valence-corrected chi connectivity index (χ4v) is 7.79. The summed E-state index contributed by atoms with van der Waals surface area (Å²) in [6.45, 7) is 11.9. The van der Waals surface area contributed by atoms with Crippen LogP contribution in [0.5, 0.6) is 0 Å². The normalized spacial score (nSPS) is 31.2. The summed E-state index contributed by atoms with van der Waals surface area (Å²) in [7, 11) is -6.66. The van der Waals surface area contributed by atoms with E-state index < -0.39 is 53.7 Å². The van der Waals surface area contributed by atoms with Gasteiger partial charge in [-0.1, -0.05) is 52.9 Å². The fraction of sp³-hybridized carbons (Fsp3) is 0.750. The lowest BCUT2D eigenvalue weighted by molar-refractivity contribution is -0.0481. The number of hydrogen-bond donors (Lipinski definition) is 2. The zero-order valence-electron chi connectivity index (χ0n) is 22.0. The molecule has 1 saturated carbocycles. The van der Waals surface area contributed by atoms with Crippen LogP contribution in [0.1, 0.15) is 71.1 Å². The first kappa shape index (κ1) is 27.3. The Labute approximate surface area is 213 Å². The topological polar surface area (TPSA) is 143 Å². The number of ether oxygens (including phenoxy) is 1. The SMILES string of the molecule is Cc1cn([C@@H]2OC(CC3CCCCC3)C3(OS(=O)(=O)C=C3N)[C@H]2O[Si](C)(C)C(C)(C)C)c(=O)[nH]c1=O. The quantitative estimate of drug-likeness (QED) is 0.428. The zero-order valence-corrected chi connectivity index (χ0v) is 23.8. The minimum Gasteiger partial charge on any atom is -0.406 e. The van der Waals surface area contributed by atoms with E-state index in [2.05, 4.69) is 25.8 Å². The summed E-state index contributed by atoms with van der Waals surface area (Å²) in [5.74, 6) is 0.307. The van der Waals surface area contributed by atoms with Crippen LogP contribution in [0, 0.1) is 12.8 Å². The number of H-pyrrole nitrogens is 1. The first-order valence-electron chi connectivity index (χ1n) is 12.7. The number of nitrogens with zero attached hydrogens (tertiary/aromatic N) is 1. The molecule has 0 bridgehead atoms. The average Bonchev–Trinajstić information content (AvgIpc) is 3.17. The van der Waals surface area contributed by atoms with Gasteiger partial charge in [0.25, 0.3) is 15.7 Å². The van der Waals surface area contributed by atoms with Gasteiger partial charge in [0.15, 0.2) is 20.1 Å². The molecule has 0 amide bonds. The van der Waals surface area contributed by atoms with Gasteiger partial charge in [0.1, 0.15) is 6.10 Å². The summed E-state index contributed by atoms with van der Waals surface area (Å²) in [5, 5.41) is 0.706. The Morgan fingerprint density at radius 3 is 2.42 bits per heavy atom. The Balaban J connectivity index is 1.89. The Hall–Kier alpha value is -1.73. The van der Waals surface area contributed by atoms with Crippen molar-refractivity contribution in [3.05, 3.63) is 43.7 Å². The lowest BCUT2D eigenvalue weighted by Crippen LogP contribution is -2.58. The van der Waals surface area contributed by atoms with Crippen LogP contribution in [0.25, 0.3) is 0 Å². The van der Waals surface area contributed by atoms with E-state index in [1.54, 1.807) is 6.92 Å². The molecule has 1 aromatic rings. The molecule has 1 spiro atoms. The molecule has 3 aliphatic rings. The second kappa shape index (κ2) is 9.23. The fourth-order valence-electron chi connectivity index (χ4n) is 5.28. The largest absolute Gasteiger partial charge is 0.406 e. The summed E-state index contributed by atoms with van der Waals surface area (Å²) >= 11 is 0. The van der Waals surface area contributed by atoms with Gasteiger partial charge in [-0.15, -0.1) is 0 Å². The second-order valence-electron chi connectivity index (χ2n) is 12.0. The number of hydrogen-bond acceptors (Lipinski definition) is 8. The van der Waals surface area contributed by atoms with E-state index >= 15 is 0 Å². The van der Waals surface area contributed by atoms with Crippen molar-refractivity contribution >= 4 is 18.4 Å². The number of aryl methyl sites for hydroxylation is 1. The Kier molecular flexibility index (Phi) is 7.00. The lowest BCUT2D eigenvalue weighted by atomic mass is 9.79. The smallest absolute Gasteiger partial charge is 0.330 e. The van der Waals surface area contributed by atoms with Crippen LogP contribution in [0.4, 0.5) is 0 Å². The highest BCUT2D eigenvalue weighted by Crippen LogP contribution is 2.53. The van der Waals surface area contributed by atoms with E-state index in [4.69, 9.17) is 19.1 Å².